The van der Waals surface area contributed by atoms with E-state index in [0.717, 1.165) is 5.69 Å². The lowest BCUT2D eigenvalue weighted by Gasteiger charge is -2.02. The number of hydrogen-bond acceptors (Lipinski definition) is 6. The molecule has 7 nitrogen and oxygen atoms in total. The maximum atomic E-state index is 4.14. The van der Waals surface area contributed by atoms with Crippen LogP contribution in [0.5, 0.6) is 0 Å². The molecular formula is C9H7N7. The van der Waals surface area contributed by atoms with Gasteiger partial charge in [-0.3, -0.25) is 0 Å². The van der Waals surface area contributed by atoms with E-state index >= 15 is 0 Å². The zero-order valence-electron chi connectivity index (χ0n) is 8.15. The van der Waals surface area contributed by atoms with Crippen molar-refractivity contribution < 1.29 is 0 Å². The second-order valence-electron chi connectivity index (χ2n) is 3.09. The maximum absolute atomic E-state index is 4.14. The quantitative estimate of drug-likeness (QED) is 0.673. The van der Waals surface area contributed by atoms with Crippen LogP contribution in [0.4, 0.5) is 11.6 Å². The number of para-hydroxylation sites is 1. The number of rotatable bonds is 2. The van der Waals surface area contributed by atoms with Crippen molar-refractivity contribution in [3.05, 3.63) is 36.7 Å². The number of fused-ring (bicyclic) bond motifs is 1. The molecule has 0 spiro atoms. The fourth-order valence-electron chi connectivity index (χ4n) is 1.27. The Kier molecular flexibility index (Phi) is 1.93. The van der Waals surface area contributed by atoms with E-state index in [9.17, 15) is 0 Å². The molecule has 3 rings (SSSR count). The Morgan fingerprint density at radius 3 is 2.75 bits per heavy atom. The van der Waals surface area contributed by atoms with E-state index in [2.05, 4.69) is 30.8 Å². The van der Waals surface area contributed by atoms with Gasteiger partial charge < -0.3 is 5.32 Å². The fourth-order valence-corrected chi connectivity index (χ4v) is 1.27. The highest BCUT2D eigenvalue weighted by atomic mass is 15.5. The normalized spacial score (nSPS) is 10.5. The molecule has 0 atom stereocenters. The van der Waals surface area contributed by atoms with Crippen molar-refractivity contribution in [2.24, 2.45) is 0 Å². The highest BCUT2D eigenvalue weighted by Gasteiger charge is 2.02. The number of nitrogens with one attached hydrogen (secondary N) is 1. The third-order valence-corrected chi connectivity index (χ3v) is 1.98. The van der Waals surface area contributed by atoms with E-state index < -0.39 is 0 Å². The first-order valence-electron chi connectivity index (χ1n) is 4.65. The molecule has 0 fully saturated rings. The largest absolute Gasteiger partial charge is 0.322 e. The van der Waals surface area contributed by atoms with Gasteiger partial charge in [-0.1, -0.05) is 18.2 Å². The molecule has 0 aliphatic rings. The van der Waals surface area contributed by atoms with E-state index in [4.69, 9.17) is 0 Å². The molecule has 0 unspecified atom stereocenters. The highest BCUT2D eigenvalue weighted by Crippen LogP contribution is 2.10. The van der Waals surface area contributed by atoms with Crippen LogP contribution in [-0.2, 0) is 0 Å². The minimum absolute atomic E-state index is 0.374. The first-order chi connectivity index (χ1) is 7.92. The first-order valence-corrected chi connectivity index (χ1v) is 4.65. The van der Waals surface area contributed by atoms with Crippen molar-refractivity contribution in [1.82, 2.24) is 30.0 Å². The van der Waals surface area contributed by atoms with Gasteiger partial charge in [0.25, 0.3) is 11.7 Å². The lowest BCUT2D eigenvalue weighted by Crippen LogP contribution is -2.03. The molecule has 0 saturated carbocycles. The predicted molar refractivity (Wildman–Crippen MR) is 56.1 cm³/mol. The Bertz CT molecular complexity index is 603. The summed E-state index contributed by atoms with van der Waals surface area (Å²) in [6.07, 6.45) is 1.47. The van der Waals surface area contributed by atoms with Gasteiger partial charge in [-0.2, -0.15) is 4.52 Å². The molecule has 0 amide bonds. The summed E-state index contributed by atoms with van der Waals surface area (Å²) in [6.45, 7) is 0. The molecule has 1 aromatic carbocycles. The van der Waals surface area contributed by atoms with E-state index in [1.807, 2.05) is 30.3 Å². The van der Waals surface area contributed by atoms with Gasteiger partial charge in [-0.05, 0) is 12.1 Å². The van der Waals surface area contributed by atoms with E-state index in [0.29, 0.717) is 11.7 Å². The zero-order valence-corrected chi connectivity index (χ0v) is 8.15. The summed E-state index contributed by atoms with van der Waals surface area (Å²) in [5, 5.41) is 22.3. The van der Waals surface area contributed by atoms with Crippen LogP contribution in [0.2, 0.25) is 0 Å². The summed E-state index contributed by atoms with van der Waals surface area (Å²) in [7, 11) is 0. The average molecular weight is 213 g/mol. The number of anilines is 2. The Morgan fingerprint density at radius 2 is 1.88 bits per heavy atom. The van der Waals surface area contributed by atoms with Crippen LogP contribution in [-0.4, -0.2) is 30.0 Å². The van der Waals surface area contributed by atoms with Gasteiger partial charge in [0.15, 0.2) is 0 Å². The van der Waals surface area contributed by atoms with Crippen molar-refractivity contribution in [3.8, 4) is 0 Å². The monoisotopic (exact) mass is 213 g/mol. The van der Waals surface area contributed by atoms with Crippen LogP contribution in [0.15, 0.2) is 36.7 Å². The Labute approximate surface area is 90.2 Å². The summed E-state index contributed by atoms with van der Waals surface area (Å²) in [4.78, 5) is 0. The van der Waals surface area contributed by atoms with Gasteiger partial charge in [-0.25, -0.2) is 0 Å². The summed E-state index contributed by atoms with van der Waals surface area (Å²) in [5.41, 5.74) is 0.900. The molecule has 16 heavy (non-hydrogen) atoms. The number of nitrogens with zero attached hydrogens (tertiary/aromatic N) is 6. The second-order valence-corrected chi connectivity index (χ2v) is 3.09. The molecule has 0 saturated heterocycles. The number of benzene rings is 1. The average Bonchev–Trinajstić information content (AvgIpc) is 2.77. The Balaban J connectivity index is 1.94. The van der Waals surface area contributed by atoms with Crippen LogP contribution in [0.3, 0.4) is 0 Å². The second kappa shape index (κ2) is 3.54. The minimum atomic E-state index is 0.374. The van der Waals surface area contributed by atoms with Gasteiger partial charge in [-0.15, -0.1) is 25.5 Å². The molecule has 0 bridgehead atoms. The Morgan fingerprint density at radius 1 is 1.00 bits per heavy atom. The van der Waals surface area contributed by atoms with Crippen molar-refractivity contribution in [2.45, 2.75) is 0 Å². The molecular weight excluding hydrogens is 206 g/mol. The molecule has 78 valence electrons. The van der Waals surface area contributed by atoms with Crippen molar-refractivity contribution in [3.63, 3.8) is 0 Å². The first kappa shape index (κ1) is 8.72. The topological polar surface area (TPSA) is 80.9 Å². The van der Waals surface area contributed by atoms with Crippen molar-refractivity contribution in [2.75, 3.05) is 5.32 Å². The lowest BCUT2D eigenvalue weighted by atomic mass is 10.3. The molecule has 0 aliphatic carbocycles. The molecule has 2 aromatic heterocycles. The zero-order chi connectivity index (χ0) is 10.8. The van der Waals surface area contributed by atoms with Crippen molar-refractivity contribution in [1.29, 1.82) is 0 Å². The van der Waals surface area contributed by atoms with Gasteiger partial charge in [0.1, 0.15) is 6.33 Å². The molecule has 3 aromatic rings. The molecule has 1 N–H and O–H groups in total. The summed E-state index contributed by atoms with van der Waals surface area (Å²) >= 11 is 0. The van der Waals surface area contributed by atoms with E-state index in [1.165, 1.54) is 10.8 Å². The Hall–Kier alpha value is -2.57. The highest BCUT2D eigenvalue weighted by molar-refractivity contribution is 5.51. The van der Waals surface area contributed by atoms with Gasteiger partial charge in [0.05, 0.1) is 0 Å². The third kappa shape index (κ3) is 1.54. The summed E-state index contributed by atoms with van der Waals surface area (Å²) in [6, 6.07) is 9.62. The molecule has 0 radical (unpaired) electrons. The van der Waals surface area contributed by atoms with Crippen LogP contribution in [0.1, 0.15) is 0 Å². The minimum Gasteiger partial charge on any atom is -0.322 e. The van der Waals surface area contributed by atoms with E-state index in [-0.39, 0.29) is 0 Å². The van der Waals surface area contributed by atoms with Crippen LogP contribution < -0.4 is 5.32 Å². The maximum Gasteiger partial charge on any atom is 0.290 e. The summed E-state index contributed by atoms with van der Waals surface area (Å²) < 4.78 is 1.46. The predicted octanol–water partition coefficient (Wildman–Crippen LogP) is 0.658. The molecule has 0 aliphatic heterocycles. The number of aromatic nitrogens is 6. The molecule has 7 heteroatoms. The smallest absolute Gasteiger partial charge is 0.290 e. The van der Waals surface area contributed by atoms with Crippen LogP contribution in [0, 0.1) is 0 Å². The van der Waals surface area contributed by atoms with Gasteiger partial charge in [0.2, 0.25) is 0 Å². The van der Waals surface area contributed by atoms with Gasteiger partial charge >= 0.3 is 0 Å². The number of hydrogen-bond donors (Lipinski definition) is 1. The SMILES string of the molecule is c1ccc(Nc2nnc3nncn3n2)cc1. The van der Waals surface area contributed by atoms with E-state index in [1.54, 1.807) is 0 Å². The standard InChI is InChI=1S/C9H7N7/c1-2-4-7(5-3-1)11-8-12-14-9-13-10-6-16(9)15-8/h1-6H,(H,11,15). The molecule has 2 heterocycles. The van der Waals surface area contributed by atoms with Crippen LogP contribution in [0.25, 0.3) is 5.78 Å². The lowest BCUT2D eigenvalue weighted by molar-refractivity contribution is 0.836. The fraction of sp³-hybridized carbons (Fsp3) is 0. The summed E-state index contributed by atoms with van der Waals surface area (Å²) in [5.74, 6) is 0.775. The van der Waals surface area contributed by atoms with Gasteiger partial charge in [0, 0.05) is 5.69 Å². The van der Waals surface area contributed by atoms with Crippen LogP contribution >= 0.6 is 0 Å². The third-order valence-electron chi connectivity index (χ3n) is 1.98. The van der Waals surface area contributed by atoms with Crippen molar-refractivity contribution >= 4 is 17.4 Å².